The highest BCUT2D eigenvalue weighted by Gasteiger charge is 2.04. The van der Waals surface area contributed by atoms with Crippen molar-refractivity contribution in [3.63, 3.8) is 0 Å². The Labute approximate surface area is 104 Å². The molecule has 0 spiro atoms. The number of unbranched alkanes of at least 4 members (excludes halogenated alkanes) is 1. The molecule has 0 atom stereocenters. The van der Waals surface area contributed by atoms with Crippen LogP contribution in [-0.4, -0.2) is 6.61 Å². The van der Waals surface area contributed by atoms with Crippen molar-refractivity contribution in [1.82, 2.24) is 0 Å². The lowest BCUT2D eigenvalue weighted by Crippen LogP contribution is -1.98. The maximum Gasteiger partial charge on any atom is 0.123 e. The van der Waals surface area contributed by atoms with Crippen LogP contribution in [0.4, 0.5) is 0 Å². The van der Waals surface area contributed by atoms with Gasteiger partial charge in [-0.05, 0) is 53.6 Å². The third-order valence-electron chi connectivity index (χ3n) is 1.97. The molecule has 0 heterocycles. The van der Waals surface area contributed by atoms with E-state index in [-0.39, 0.29) is 0 Å². The summed E-state index contributed by atoms with van der Waals surface area (Å²) in [4.78, 5) is 0. The minimum Gasteiger partial charge on any atom is -0.493 e. The van der Waals surface area contributed by atoms with Gasteiger partial charge in [-0.1, -0.05) is 24.9 Å². The first kappa shape index (κ1) is 12.1. The van der Waals surface area contributed by atoms with E-state index in [4.69, 9.17) is 16.3 Å². The molecule has 0 aromatic heterocycles. The molecular weight excluding hydrogens is 310 g/mol. The lowest BCUT2D eigenvalue weighted by atomic mass is 10.2. The van der Waals surface area contributed by atoms with Gasteiger partial charge >= 0.3 is 0 Å². The van der Waals surface area contributed by atoms with Crippen molar-refractivity contribution in [2.45, 2.75) is 26.7 Å². The molecule has 1 aromatic carbocycles. The van der Waals surface area contributed by atoms with E-state index >= 15 is 0 Å². The monoisotopic (exact) mass is 324 g/mol. The standard InChI is InChI=1S/C11H14ClIO/c1-3-4-5-14-11-7-10(13)9(12)6-8(11)2/h6-7H,3-5H2,1-2H3. The minimum absolute atomic E-state index is 0.787. The zero-order valence-corrected chi connectivity index (χ0v) is 11.4. The summed E-state index contributed by atoms with van der Waals surface area (Å²) in [5.74, 6) is 0.951. The Morgan fingerprint density at radius 3 is 2.79 bits per heavy atom. The van der Waals surface area contributed by atoms with Crippen molar-refractivity contribution in [2.24, 2.45) is 0 Å². The van der Waals surface area contributed by atoms with E-state index in [1.165, 1.54) is 0 Å². The van der Waals surface area contributed by atoms with Crippen molar-refractivity contribution in [3.8, 4) is 5.75 Å². The summed E-state index contributed by atoms with van der Waals surface area (Å²) in [7, 11) is 0. The van der Waals surface area contributed by atoms with Gasteiger partial charge in [-0.25, -0.2) is 0 Å². The Bertz CT molecular complexity index is 312. The third kappa shape index (κ3) is 3.31. The van der Waals surface area contributed by atoms with E-state index in [1.807, 2.05) is 19.1 Å². The van der Waals surface area contributed by atoms with E-state index in [2.05, 4.69) is 29.5 Å². The number of aryl methyl sites for hydroxylation is 1. The fraction of sp³-hybridized carbons (Fsp3) is 0.455. The van der Waals surface area contributed by atoms with Crippen LogP contribution in [0.3, 0.4) is 0 Å². The van der Waals surface area contributed by atoms with Gasteiger partial charge in [0.15, 0.2) is 0 Å². The highest BCUT2D eigenvalue weighted by atomic mass is 127. The second-order valence-electron chi connectivity index (χ2n) is 3.23. The summed E-state index contributed by atoms with van der Waals surface area (Å²) in [6.45, 7) is 4.96. The van der Waals surface area contributed by atoms with Crippen molar-refractivity contribution in [2.75, 3.05) is 6.61 Å². The van der Waals surface area contributed by atoms with E-state index in [9.17, 15) is 0 Å². The van der Waals surface area contributed by atoms with Crippen LogP contribution >= 0.6 is 34.2 Å². The molecule has 0 bridgehead atoms. The quantitative estimate of drug-likeness (QED) is 0.588. The fourth-order valence-electron chi connectivity index (χ4n) is 1.11. The summed E-state index contributed by atoms with van der Waals surface area (Å²) in [6.07, 6.45) is 2.25. The predicted octanol–water partition coefficient (Wildman–Crippen LogP) is 4.43. The lowest BCUT2D eigenvalue weighted by molar-refractivity contribution is 0.307. The first-order chi connectivity index (χ1) is 6.65. The van der Waals surface area contributed by atoms with E-state index < -0.39 is 0 Å². The van der Waals surface area contributed by atoms with Gasteiger partial charge in [0.2, 0.25) is 0 Å². The summed E-state index contributed by atoms with van der Waals surface area (Å²) in [5.41, 5.74) is 1.10. The lowest BCUT2D eigenvalue weighted by Gasteiger charge is -2.09. The molecule has 0 amide bonds. The van der Waals surface area contributed by atoms with Gasteiger partial charge in [0.1, 0.15) is 5.75 Å². The highest BCUT2D eigenvalue weighted by Crippen LogP contribution is 2.27. The van der Waals surface area contributed by atoms with Crippen LogP contribution < -0.4 is 4.74 Å². The zero-order chi connectivity index (χ0) is 10.6. The van der Waals surface area contributed by atoms with Crippen LogP contribution in [0.15, 0.2) is 12.1 Å². The van der Waals surface area contributed by atoms with Gasteiger partial charge in [0, 0.05) is 3.57 Å². The maximum absolute atomic E-state index is 5.98. The summed E-state index contributed by atoms with van der Waals surface area (Å²) in [6, 6.07) is 3.94. The van der Waals surface area contributed by atoms with Gasteiger partial charge in [-0.3, -0.25) is 0 Å². The SMILES string of the molecule is CCCCOc1cc(I)c(Cl)cc1C. The number of hydrogen-bond donors (Lipinski definition) is 0. The van der Waals surface area contributed by atoms with Crippen LogP contribution in [0.2, 0.25) is 5.02 Å². The van der Waals surface area contributed by atoms with Gasteiger partial charge in [-0.2, -0.15) is 0 Å². The Morgan fingerprint density at radius 2 is 2.14 bits per heavy atom. The van der Waals surface area contributed by atoms with Crippen molar-refractivity contribution in [1.29, 1.82) is 0 Å². The van der Waals surface area contributed by atoms with Gasteiger partial charge in [0.05, 0.1) is 11.6 Å². The second-order valence-corrected chi connectivity index (χ2v) is 4.80. The third-order valence-corrected chi connectivity index (χ3v) is 3.50. The molecule has 0 N–H and O–H groups in total. The molecular formula is C11H14ClIO. The Hall–Kier alpha value is 0.0400. The molecule has 0 saturated carbocycles. The number of halogens is 2. The molecule has 0 aliphatic carbocycles. The molecule has 0 aliphatic heterocycles. The topological polar surface area (TPSA) is 9.23 Å². The fourth-order valence-corrected chi connectivity index (χ4v) is 1.77. The number of benzene rings is 1. The largest absolute Gasteiger partial charge is 0.493 e. The highest BCUT2D eigenvalue weighted by molar-refractivity contribution is 14.1. The van der Waals surface area contributed by atoms with E-state index in [0.29, 0.717) is 0 Å². The van der Waals surface area contributed by atoms with E-state index in [0.717, 1.165) is 39.4 Å². The average molecular weight is 325 g/mol. The molecule has 0 aliphatic rings. The molecule has 14 heavy (non-hydrogen) atoms. The minimum atomic E-state index is 0.787. The molecule has 0 saturated heterocycles. The van der Waals surface area contributed by atoms with Crippen molar-refractivity contribution in [3.05, 3.63) is 26.3 Å². The zero-order valence-electron chi connectivity index (χ0n) is 8.44. The Balaban J connectivity index is 2.72. The van der Waals surface area contributed by atoms with Gasteiger partial charge < -0.3 is 4.74 Å². The maximum atomic E-state index is 5.98. The van der Waals surface area contributed by atoms with Crippen molar-refractivity contribution < 1.29 is 4.74 Å². The summed E-state index contributed by atoms with van der Waals surface area (Å²) < 4.78 is 6.69. The van der Waals surface area contributed by atoms with Crippen LogP contribution in [0.5, 0.6) is 5.75 Å². The smallest absolute Gasteiger partial charge is 0.123 e. The van der Waals surface area contributed by atoms with Gasteiger partial charge in [0.25, 0.3) is 0 Å². The molecule has 0 unspecified atom stereocenters. The first-order valence-corrected chi connectivity index (χ1v) is 6.19. The summed E-state index contributed by atoms with van der Waals surface area (Å²) >= 11 is 8.20. The van der Waals surface area contributed by atoms with Crippen LogP contribution in [-0.2, 0) is 0 Å². The molecule has 1 rings (SSSR count). The van der Waals surface area contributed by atoms with Crippen molar-refractivity contribution >= 4 is 34.2 Å². The first-order valence-electron chi connectivity index (χ1n) is 4.73. The molecule has 0 fully saturated rings. The molecule has 0 radical (unpaired) electrons. The van der Waals surface area contributed by atoms with E-state index in [1.54, 1.807) is 0 Å². The molecule has 3 heteroatoms. The van der Waals surface area contributed by atoms with Crippen LogP contribution in [0, 0.1) is 10.5 Å². The molecule has 1 nitrogen and oxygen atoms in total. The normalized spacial score (nSPS) is 10.3. The summed E-state index contributed by atoms with van der Waals surface area (Å²) in [5, 5.41) is 0.797. The molecule has 78 valence electrons. The number of hydrogen-bond acceptors (Lipinski definition) is 1. The number of rotatable bonds is 4. The Morgan fingerprint density at radius 1 is 1.43 bits per heavy atom. The predicted molar refractivity (Wildman–Crippen MR) is 69.3 cm³/mol. The molecule has 1 aromatic rings. The average Bonchev–Trinajstić information content (AvgIpc) is 2.14. The Kier molecular flexibility index (Phi) is 5.02. The van der Waals surface area contributed by atoms with Crippen LogP contribution in [0.25, 0.3) is 0 Å². The van der Waals surface area contributed by atoms with Crippen LogP contribution in [0.1, 0.15) is 25.3 Å². The number of ether oxygens (including phenoxy) is 1. The second kappa shape index (κ2) is 5.81. The van der Waals surface area contributed by atoms with Gasteiger partial charge in [-0.15, -0.1) is 0 Å².